The van der Waals surface area contributed by atoms with Gasteiger partial charge in [0.2, 0.25) is 0 Å². The van der Waals surface area contributed by atoms with Gasteiger partial charge in [-0.15, -0.1) is 11.3 Å². The van der Waals surface area contributed by atoms with Crippen LogP contribution in [0.4, 0.5) is 5.69 Å². The van der Waals surface area contributed by atoms with E-state index in [1.165, 1.54) is 16.9 Å². The van der Waals surface area contributed by atoms with E-state index in [-0.39, 0.29) is 5.91 Å². The Kier molecular flexibility index (Phi) is 5.26. The lowest BCUT2D eigenvalue weighted by Gasteiger charge is -2.17. The van der Waals surface area contributed by atoms with Gasteiger partial charge in [0, 0.05) is 29.2 Å². The van der Waals surface area contributed by atoms with Crippen LogP contribution in [0.5, 0.6) is 5.75 Å². The third-order valence-electron chi connectivity index (χ3n) is 4.61. The maximum atomic E-state index is 13.1. The monoisotopic (exact) mass is 461 g/mol. The number of amides is 1. The first-order chi connectivity index (χ1) is 13.1. The van der Waals surface area contributed by atoms with Crippen LogP contribution in [-0.4, -0.2) is 19.6 Å². The van der Waals surface area contributed by atoms with Crippen molar-refractivity contribution in [3.8, 4) is 16.2 Å². The van der Waals surface area contributed by atoms with Gasteiger partial charge >= 0.3 is 0 Å². The highest BCUT2D eigenvalue weighted by atomic mass is 79.9. The molecule has 0 N–H and O–H groups in total. The molecule has 2 aromatic carbocycles. The van der Waals surface area contributed by atoms with Gasteiger partial charge < -0.3 is 9.64 Å². The lowest BCUT2D eigenvalue weighted by atomic mass is 10.1. The van der Waals surface area contributed by atoms with E-state index in [4.69, 9.17) is 16.3 Å². The molecule has 3 nitrogen and oxygen atoms in total. The van der Waals surface area contributed by atoms with Crippen LogP contribution in [0.15, 0.2) is 48.5 Å². The Morgan fingerprint density at radius 2 is 2.07 bits per heavy atom. The Balaban J connectivity index is 1.72. The summed E-state index contributed by atoms with van der Waals surface area (Å²) in [5.41, 5.74) is 4.08. The number of halogens is 2. The van der Waals surface area contributed by atoms with E-state index in [1.54, 1.807) is 18.0 Å². The molecule has 1 aliphatic heterocycles. The van der Waals surface area contributed by atoms with E-state index in [1.807, 2.05) is 24.3 Å². The third-order valence-corrected chi connectivity index (χ3v) is 6.78. The Hall–Kier alpha value is -1.82. The Labute approximate surface area is 175 Å². The first-order valence-electron chi connectivity index (χ1n) is 8.56. The van der Waals surface area contributed by atoms with Gasteiger partial charge in [0.25, 0.3) is 5.91 Å². The van der Waals surface area contributed by atoms with Crippen LogP contribution >= 0.6 is 38.9 Å². The minimum atomic E-state index is -0.0549. The number of fused-ring (bicyclic) bond motifs is 3. The molecule has 1 aromatic heterocycles. The van der Waals surface area contributed by atoms with Gasteiger partial charge in [-0.25, -0.2) is 0 Å². The van der Waals surface area contributed by atoms with Crippen LogP contribution < -0.4 is 9.64 Å². The molecule has 0 bridgehead atoms. The summed E-state index contributed by atoms with van der Waals surface area (Å²) in [7, 11) is 1.76. The number of hydrogen-bond acceptors (Lipinski definition) is 3. The van der Waals surface area contributed by atoms with Crippen molar-refractivity contribution in [3.05, 3.63) is 69.6 Å². The highest BCUT2D eigenvalue weighted by molar-refractivity contribution is 9.08. The summed E-state index contributed by atoms with van der Waals surface area (Å²) in [6.07, 6.45) is 0.785. The minimum Gasteiger partial charge on any atom is -0.493 e. The fraction of sp³-hybridized carbons (Fsp3) is 0.190. The zero-order valence-electron chi connectivity index (χ0n) is 14.7. The zero-order valence-corrected chi connectivity index (χ0v) is 17.8. The number of rotatable bonds is 3. The van der Waals surface area contributed by atoms with Crippen molar-refractivity contribution in [2.45, 2.75) is 11.8 Å². The van der Waals surface area contributed by atoms with Gasteiger partial charge in [-0.05, 0) is 41.5 Å². The predicted octanol–water partition coefficient (Wildman–Crippen LogP) is 6.17. The topological polar surface area (TPSA) is 29.5 Å². The number of alkyl halides is 1. The summed E-state index contributed by atoms with van der Waals surface area (Å²) in [5.74, 6) is 0.826. The summed E-state index contributed by atoms with van der Waals surface area (Å²) in [5, 5.41) is 1.35. The Morgan fingerprint density at radius 1 is 1.26 bits per heavy atom. The van der Waals surface area contributed by atoms with Crippen molar-refractivity contribution in [1.29, 1.82) is 0 Å². The van der Waals surface area contributed by atoms with E-state index >= 15 is 0 Å². The highest BCUT2D eigenvalue weighted by Gasteiger charge is 2.24. The molecule has 1 amide bonds. The van der Waals surface area contributed by atoms with Crippen LogP contribution in [0.2, 0.25) is 5.02 Å². The molecule has 4 rings (SSSR count). The molecule has 1 aliphatic rings. The average Bonchev–Trinajstić information content (AvgIpc) is 3.03. The molecule has 0 radical (unpaired) electrons. The highest BCUT2D eigenvalue weighted by Crippen LogP contribution is 2.42. The largest absolute Gasteiger partial charge is 0.493 e. The summed E-state index contributed by atoms with van der Waals surface area (Å²) in [6.45, 7) is 0.608. The summed E-state index contributed by atoms with van der Waals surface area (Å²) in [4.78, 5) is 16.5. The van der Waals surface area contributed by atoms with Gasteiger partial charge in [0.05, 0.1) is 22.2 Å². The minimum absolute atomic E-state index is 0.0549. The second kappa shape index (κ2) is 7.66. The first kappa shape index (κ1) is 18.5. The van der Waals surface area contributed by atoms with Crippen molar-refractivity contribution in [1.82, 2.24) is 0 Å². The van der Waals surface area contributed by atoms with Gasteiger partial charge in [0.1, 0.15) is 5.75 Å². The van der Waals surface area contributed by atoms with Gasteiger partial charge in [-0.3, -0.25) is 4.79 Å². The van der Waals surface area contributed by atoms with Crippen molar-refractivity contribution in [2.75, 3.05) is 18.6 Å². The van der Waals surface area contributed by atoms with Crippen LogP contribution in [0.3, 0.4) is 0 Å². The zero-order chi connectivity index (χ0) is 19.0. The molecule has 0 saturated heterocycles. The molecule has 0 aliphatic carbocycles. The third kappa shape index (κ3) is 3.51. The van der Waals surface area contributed by atoms with E-state index in [9.17, 15) is 4.79 Å². The molecular weight excluding hydrogens is 446 g/mol. The number of ether oxygens (including phenoxy) is 1. The summed E-state index contributed by atoms with van der Waals surface area (Å²) < 4.78 is 5.94. The second-order valence-corrected chi connectivity index (χ2v) is 8.36. The lowest BCUT2D eigenvalue weighted by molar-refractivity contribution is 0.0997. The Bertz CT molecular complexity index is 1020. The van der Waals surface area contributed by atoms with Gasteiger partial charge in [-0.1, -0.05) is 45.7 Å². The number of para-hydroxylation sites is 1. The average molecular weight is 463 g/mol. The molecule has 6 heteroatoms. The van der Waals surface area contributed by atoms with Crippen LogP contribution in [0.25, 0.3) is 10.4 Å². The molecule has 0 fully saturated rings. The number of nitrogens with zero attached hydrogens (tertiary/aromatic N) is 1. The normalized spacial score (nSPS) is 12.6. The van der Waals surface area contributed by atoms with E-state index in [0.717, 1.165) is 33.5 Å². The molecule has 2 heterocycles. The molecule has 138 valence electrons. The first-order valence-corrected chi connectivity index (χ1v) is 10.9. The van der Waals surface area contributed by atoms with Crippen molar-refractivity contribution in [2.24, 2.45) is 0 Å². The molecular formula is C21H17BrClNO2S. The number of thiophene rings is 1. The smallest absolute Gasteiger partial charge is 0.268 e. The number of anilines is 1. The fourth-order valence-corrected chi connectivity index (χ4v) is 5.00. The van der Waals surface area contributed by atoms with Crippen molar-refractivity contribution < 1.29 is 9.53 Å². The standard InChI is InChI=1S/C21H17BrClNO2S/c1-24(17-5-3-2-4-16(17)23)21(25)19-11-14-8-9-26-18-10-13(12-22)6-7-15(18)20(14)27-19/h2-7,10-11H,8-9,12H2,1H3. The summed E-state index contributed by atoms with van der Waals surface area (Å²) in [6, 6.07) is 15.6. The quantitative estimate of drug-likeness (QED) is 0.435. The Morgan fingerprint density at radius 3 is 2.85 bits per heavy atom. The maximum absolute atomic E-state index is 13.1. The van der Waals surface area contributed by atoms with Crippen LogP contribution in [0.1, 0.15) is 20.8 Å². The van der Waals surface area contributed by atoms with Crippen molar-refractivity contribution in [3.63, 3.8) is 0 Å². The number of carbonyl (C=O) groups excluding carboxylic acids is 1. The van der Waals surface area contributed by atoms with E-state index < -0.39 is 0 Å². The fourth-order valence-electron chi connectivity index (χ4n) is 3.17. The second-order valence-electron chi connectivity index (χ2n) is 6.34. The molecule has 0 unspecified atom stereocenters. The van der Waals surface area contributed by atoms with Crippen LogP contribution in [0, 0.1) is 0 Å². The molecule has 3 aromatic rings. The summed E-state index contributed by atoms with van der Waals surface area (Å²) >= 11 is 11.3. The van der Waals surface area contributed by atoms with Gasteiger partial charge in [0.15, 0.2) is 0 Å². The van der Waals surface area contributed by atoms with E-state index in [0.29, 0.717) is 22.2 Å². The van der Waals surface area contributed by atoms with Gasteiger partial charge in [-0.2, -0.15) is 0 Å². The maximum Gasteiger partial charge on any atom is 0.268 e. The molecule has 0 saturated carbocycles. The van der Waals surface area contributed by atoms with E-state index in [2.05, 4.69) is 34.1 Å². The number of hydrogen-bond donors (Lipinski definition) is 0. The molecule has 27 heavy (non-hydrogen) atoms. The van der Waals surface area contributed by atoms with Crippen LogP contribution in [-0.2, 0) is 11.8 Å². The molecule has 0 spiro atoms. The lowest BCUT2D eigenvalue weighted by Crippen LogP contribution is -2.25. The SMILES string of the molecule is CN(C(=O)c1cc2c(s1)-c1ccc(CBr)cc1OCC2)c1ccccc1Cl. The van der Waals surface area contributed by atoms with Crippen molar-refractivity contribution >= 4 is 50.5 Å². The predicted molar refractivity (Wildman–Crippen MR) is 116 cm³/mol. The molecule has 0 atom stereocenters. The number of benzene rings is 2. The number of carbonyl (C=O) groups is 1.